The smallest absolute Gasteiger partial charge is 0.335 e. The molecule has 1 aliphatic rings. The van der Waals surface area contributed by atoms with Crippen molar-refractivity contribution in [2.75, 3.05) is 12.4 Å². The van der Waals surface area contributed by atoms with E-state index in [1.807, 2.05) is 0 Å². The number of aromatic nitrogens is 1. The van der Waals surface area contributed by atoms with Gasteiger partial charge in [-0.05, 0) is 36.6 Å². The number of hydrogen-bond donors (Lipinski definition) is 2. The first-order chi connectivity index (χ1) is 11.1. The molecule has 1 amide bonds. The first-order valence-corrected chi connectivity index (χ1v) is 7.20. The van der Waals surface area contributed by atoms with Gasteiger partial charge in [0, 0.05) is 18.7 Å². The number of amides is 1. The molecule has 1 aliphatic carbocycles. The summed E-state index contributed by atoms with van der Waals surface area (Å²) in [6.07, 6.45) is 3.32. The number of carbonyl (C=O) groups excluding carboxylic acids is 1. The summed E-state index contributed by atoms with van der Waals surface area (Å²) in [5, 5.41) is 15.8. The predicted octanol–water partition coefficient (Wildman–Crippen LogP) is 2.65. The van der Waals surface area contributed by atoms with Gasteiger partial charge in [0.1, 0.15) is 11.8 Å². The molecule has 1 fully saturated rings. The van der Waals surface area contributed by atoms with Crippen molar-refractivity contribution in [2.24, 2.45) is 0 Å². The number of rotatable bonds is 6. The minimum absolute atomic E-state index is 0.0857. The fraction of sp³-hybridized carbons (Fsp3) is 0.312. The Hall–Kier alpha value is -2.67. The zero-order chi connectivity index (χ0) is 16.4. The number of benzene rings is 1. The van der Waals surface area contributed by atoms with Crippen molar-refractivity contribution in [3.05, 3.63) is 46.8 Å². The average molecular weight is 316 g/mol. The van der Waals surface area contributed by atoms with Crippen LogP contribution in [0.4, 0.5) is 5.69 Å². The van der Waals surface area contributed by atoms with E-state index >= 15 is 0 Å². The van der Waals surface area contributed by atoms with E-state index in [1.54, 1.807) is 6.07 Å². The molecule has 0 bridgehead atoms. The second-order valence-electron chi connectivity index (χ2n) is 5.50. The number of ether oxygens (including phenoxy) is 1. The Morgan fingerprint density at radius 2 is 2.17 bits per heavy atom. The largest absolute Gasteiger partial charge is 0.478 e. The second kappa shape index (κ2) is 6.21. The Labute approximate surface area is 132 Å². The molecule has 0 unspecified atom stereocenters. The molecule has 7 heteroatoms. The number of carbonyl (C=O) groups is 2. The molecule has 7 nitrogen and oxygen atoms in total. The Bertz CT molecular complexity index is 749. The van der Waals surface area contributed by atoms with E-state index < -0.39 is 5.97 Å². The third-order valence-corrected chi connectivity index (χ3v) is 3.61. The van der Waals surface area contributed by atoms with Gasteiger partial charge in [0.2, 0.25) is 0 Å². The highest BCUT2D eigenvalue weighted by Gasteiger charge is 2.31. The number of hydrogen-bond acceptors (Lipinski definition) is 5. The summed E-state index contributed by atoms with van der Waals surface area (Å²) in [4.78, 5) is 23.6. The fourth-order valence-corrected chi connectivity index (χ4v) is 2.40. The normalized spacial score (nSPS) is 13.8. The Kier molecular flexibility index (Phi) is 4.12. The number of nitrogens with one attached hydrogen (secondary N) is 1. The van der Waals surface area contributed by atoms with Crippen LogP contribution in [0.1, 0.15) is 50.7 Å². The van der Waals surface area contributed by atoms with E-state index in [0.717, 1.165) is 12.8 Å². The van der Waals surface area contributed by atoms with Crippen LogP contribution in [0.5, 0.6) is 0 Å². The molecule has 0 spiro atoms. The summed E-state index contributed by atoms with van der Waals surface area (Å²) >= 11 is 0. The lowest BCUT2D eigenvalue weighted by atomic mass is 10.1. The molecule has 2 N–H and O–H groups in total. The van der Waals surface area contributed by atoms with Crippen molar-refractivity contribution in [1.82, 2.24) is 5.16 Å². The summed E-state index contributed by atoms with van der Waals surface area (Å²) in [5.74, 6) is -1.15. The molecule has 1 aromatic heterocycles. The number of carboxylic acids is 1. The van der Waals surface area contributed by atoms with Gasteiger partial charge in [-0.1, -0.05) is 5.16 Å². The molecule has 0 radical (unpaired) electrons. The molecule has 0 saturated heterocycles. The second-order valence-corrected chi connectivity index (χ2v) is 5.50. The summed E-state index contributed by atoms with van der Waals surface area (Å²) < 4.78 is 9.93. The molecular formula is C16H16N2O5. The minimum Gasteiger partial charge on any atom is -0.478 e. The first kappa shape index (κ1) is 15.2. The average Bonchev–Trinajstić information content (AvgIpc) is 3.24. The van der Waals surface area contributed by atoms with Crippen molar-refractivity contribution >= 4 is 17.6 Å². The van der Waals surface area contributed by atoms with Gasteiger partial charge in [0.15, 0.2) is 0 Å². The van der Waals surface area contributed by atoms with Gasteiger partial charge in [-0.15, -0.1) is 0 Å². The number of aromatic carboxylic acids is 1. The molecule has 1 aromatic carbocycles. The maximum Gasteiger partial charge on any atom is 0.335 e. The van der Waals surface area contributed by atoms with E-state index in [9.17, 15) is 9.59 Å². The topological polar surface area (TPSA) is 102 Å². The monoisotopic (exact) mass is 316 g/mol. The summed E-state index contributed by atoms with van der Waals surface area (Å²) in [6, 6.07) is 4.60. The quantitative estimate of drug-likeness (QED) is 0.849. The van der Waals surface area contributed by atoms with Gasteiger partial charge in [0.25, 0.3) is 5.91 Å². The maximum atomic E-state index is 12.4. The van der Waals surface area contributed by atoms with Gasteiger partial charge in [-0.2, -0.15) is 0 Å². The van der Waals surface area contributed by atoms with Gasteiger partial charge in [-0.25, -0.2) is 4.79 Å². The van der Waals surface area contributed by atoms with Crippen LogP contribution in [0.3, 0.4) is 0 Å². The van der Waals surface area contributed by atoms with Crippen LogP contribution in [0, 0.1) is 0 Å². The van der Waals surface area contributed by atoms with Gasteiger partial charge < -0.3 is 19.7 Å². The van der Waals surface area contributed by atoms with E-state index in [2.05, 4.69) is 10.5 Å². The lowest BCUT2D eigenvalue weighted by Crippen LogP contribution is -2.14. The number of anilines is 1. The van der Waals surface area contributed by atoms with Crippen LogP contribution in [-0.4, -0.2) is 29.2 Å². The third kappa shape index (κ3) is 3.40. The van der Waals surface area contributed by atoms with Crippen LogP contribution in [-0.2, 0) is 11.3 Å². The van der Waals surface area contributed by atoms with Crippen LogP contribution in [0.15, 0.2) is 29.0 Å². The molecule has 2 aromatic rings. The van der Waals surface area contributed by atoms with Crippen molar-refractivity contribution in [3.63, 3.8) is 0 Å². The predicted molar refractivity (Wildman–Crippen MR) is 80.5 cm³/mol. The molecular weight excluding hydrogens is 300 g/mol. The van der Waals surface area contributed by atoms with Crippen LogP contribution in [0.2, 0.25) is 0 Å². The zero-order valence-electron chi connectivity index (χ0n) is 12.5. The van der Waals surface area contributed by atoms with Crippen molar-refractivity contribution in [3.8, 4) is 0 Å². The molecule has 0 aliphatic heterocycles. The van der Waals surface area contributed by atoms with Crippen LogP contribution >= 0.6 is 0 Å². The summed E-state index contributed by atoms with van der Waals surface area (Å²) in [7, 11) is 1.52. The van der Waals surface area contributed by atoms with E-state index in [1.165, 1.54) is 25.5 Å². The highest BCUT2D eigenvalue weighted by atomic mass is 16.5. The Morgan fingerprint density at radius 1 is 1.39 bits per heavy atom. The van der Waals surface area contributed by atoms with Crippen LogP contribution in [0.25, 0.3) is 0 Å². The minimum atomic E-state index is -1.07. The van der Waals surface area contributed by atoms with Crippen molar-refractivity contribution in [2.45, 2.75) is 25.4 Å². The van der Waals surface area contributed by atoms with E-state index in [0.29, 0.717) is 22.5 Å². The summed E-state index contributed by atoms with van der Waals surface area (Å²) in [5.41, 5.74) is 2.19. The number of methoxy groups -OCH3 is 1. The van der Waals surface area contributed by atoms with Gasteiger partial charge >= 0.3 is 5.97 Å². The lowest BCUT2D eigenvalue weighted by molar-refractivity contribution is 0.0696. The highest BCUT2D eigenvalue weighted by molar-refractivity contribution is 6.05. The van der Waals surface area contributed by atoms with Crippen molar-refractivity contribution in [1.29, 1.82) is 0 Å². The van der Waals surface area contributed by atoms with Crippen LogP contribution < -0.4 is 5.32 Å². The molecule has 0 atom stereocenters. The lowest BCUT2D eigenvalue weighted by Gasteiger charge is -2.09. The SMILES string of the molecule is COCc1cc(NC(=O)c2conc2C2CC2)cc(C(=O)O)c1. The first-order valence-electron chi connectivity index (χ1n) is 7.20. The van der Waals surface area contributed by atoms with Gasteiger partial charge in [0.05, 0.1) is 17.9 Å². The zero-order valence-corrected chi connectivity index (χ0v) is 12.5. The van der Waals surface area contributed by atoms with Crippen molar-refractivity contribution < 1.29 is 24.0 Å². The van der Waals surface area contributed by atoms with Gasteiger partial charge in [-0.3, -0.25) is 4.79 Å². The maximum absolute atomic E-state index is 12.4. The van der Waals surface area contributed by atoms with E-state index in [4.69, 9.17) is 14.4 Å². The van der Waals surface area contributed by atoms with E-state index in [-0.39, 0.29) is 24.0 Å². The Balaban J connectivity index is 1.84. The molecule has 23 heavy (non-hydrogen) atoms. The molecule has 1 saturated carbocycles. The fourth-order valence-electron chi connectivity index (χ4n) is 2.40. The highest BCUT2D eigenvalue weighted by Crippen LogP contribution is 2.40. The Morgan fingerprint density at radius 3 is 2.83 bits per heavy atom. The molecule has 3 rings (SSSR count). The number of carboxylic acid groups (broad SMARTS) is 1. The standard InChI is InChI=1S/C16H16N2O5/c1-22-7-9-4-11(16(20)21)6-12(5-9)17-15(19)13-8-23-18-14(13)10-2-3-10/h4-6,8,10H,2-3,7H2,1H3,(H,17,19)(H,20,21). The molecule has 1 heterocycles. The molecule has 120 valence electrons. The third-order valence-electron chi connectivity index (χ3n) is 3.61. The number of nitrogens with zero attached hydrogens (tertiary/aromatic N) is 1. The summed E-state index contributed by atoms with van der Waals surface area (Å²) in [6.45, 7) is 0.255.